The fourth-order valence-corrected chi connectivity index (χ4v) is 2.33. The van der Waals surface area contributed by atoms with Crippen LogP contribution in [0, 0.1) is 0 Å². The molecule has 4 atom stereocenters. The smallest absolute Gasteiger partial charge is 0.293 e. The maximum atomic E-state index is 11.3. The first-order valence-electron chi connectivity index (χ1n) is 7.10. The maximum Gasteiger partial charge on any atom is 0.293 e. The Kier molecular flexibility index (Phi) is 5.42. The van der Waals surface area contributed by atoms with Gasteiger partial charge in [0.15, 0.2) is 12.0 Å². The fraction of sp³-hybridized carbons (Fsp3) is 0.692. The Bertz CT molecular complexity index is 523. The lowest BCUT2D eigenvalue weighted by Crippen LogP contribution is -2.58. The Morgan fingerprint density at radius 2 is 2.09 bits per heavy atom. The lowest BCUT2D eigenvalue weighted by atomic mass is 10.0. The molecule has 2 aliphatic rings. The Labute approximate surface area is 133 Å². The van der Waals surface area contributed by atoms with Crippen LogP contribution in [0.4, 0.5) is 0 Å². The van der Waals surface area contributed by atoms with Crippen molar-refractivity contribution in [2.45, 2.75) is 31.5 Å². The molecule has 0 unspecified atom stereocenters. The highest BCUT2D eigenvalue weighted by atomic mass is 16.5. The van der Waals surface area contributed by atoms with E-state index in [0.29, 0.717) is 18.3 Å². The van der Waals surface area contributed by atoms with Gasteiger partial charge in [-0.1, -0.05) is 0 Å². The number of nitrogens with zero attached hydrogens (tertiary/aromatic N) is 2. The third-order valence-electron chi connectivity index (χ3n) is 3.50. The number of amidine groups is 1. The third kappa shape index (κ3) is 3.91. The maximum absolute atomic E-state index is 11.3. The molecule has 1 amide bonds. The summed E-state index contributed by atoms with van der Waals surface area (Å²) >= 11 is 0. The quantitative estimate of drug-likeness (QED) is 0.376. The summed E-state index contributed by atoms with van der Waals surface area (Å²) < 4.78 is 10.4. The monoisotopic (exact) mass is 330 g/mol. The van der Waals surface area contributed by atoms with E-state index in [-0.39, 0.29) is 18.3 Å². The second-order valence-corrected chi connectivity index (χ2v) is 5.41. The highest BCUT2D eigenvalue weighted by Crippen LogP contribution is 2.18. The van der Waals surface area contributed by atoms with Crippen molar-refractivity contribution in [1.29, 1.82) is 0 Å². The van der Waals surface area contributed by atoms with Crippen LogP contribution in [-0.2, 0) is 14.3 Å². The Morgan fingerprint density at radius 1 is 1.39 bits per heavy atom. The molecule has 1 saturated heterocycles. The van der Waals surface area contributed by atoms with Gasteiger partial charge in [0.05, 0.1) is 26.0 Å². The molecule has 10 nitrogen and oxygen atoms in total. The molecule has 2 aliphatic heterocycles. The van der Waals surface area contributed by atoms with E-state index in [9.17, 15) is 20.1 Å². The molecule has 5 N–H and O–H groups in total. The summed E-state index contributed by atoms with van der Waals surface area (Å²) in [5.41, 5.74) is 0.470. The molecule has 2 rings (SSSR count). The van der Waals surface area contributed by atoms with Crippen LogP contribution in [0.15, 0.2) is 16.5 Å². The highest BCUT2D eigenvalue weighted by Gasteiger charge is 2.38. The number of aliphatic hydroxyl groups excluding tert-OH is 3. The minimum Gasteiger partial charge on any atom is -0.468 e. The van der Waals surface area contributed by atoms with E-state index in [1.165, 1.54) is 14.0 Å². The summed E-state index contributed by atoms with van der Waals surface area (Å²) in [6.45, 7) is 1.55. The Balaban J connectivity index is 2.22. The zero-order valence-electron chi connectivity index (χ0n) is 13.2. The molecule has 10 heteroatoms. The van der Waals surface area contributed by atoms with Crippen LogP contribution in [-0.4, -0.2) is 84.0 Å². The van der Waals surface area contributed by atoms with Crippen molar-refractivity contribution in [3.05, 3.63) is 11.5 Å². The number of methoxy groups -OCH3 is 1. The summed E-state index contributed by atoms with van der Waals surface area (Å²) in [5, 5.41) is 34.7. The van der Waals surface area contributed by atoms with Gasteiger partial charge in [-0.05, 0) is 0 Å². The first-order valence-corrected chi connectivity index (χ1v) is 7.10. The molecule has 130 valence electrons. The first-order chi connectivity index (χ1) is 10.8. The van der Waals surface area contributed by atoms with Crippen LogP contribution in [0.25, 0.3) is 0 Å². The normalized spacial score (nSPS) is 31.6. The number of amides is 1. The lowest BCUT2D eigenvalue weighted by Gasteiger charge is -2.37. The lowest BCUT2D eigenvalue weighted by molar-refractivity contribution is -0.193. The summed E-state index contributed by atoms with van der Waals surface area (Å²) in [4.78, 5) is 17.3. The molecule has 0 spiro atoms. The zero-order valence-corrected chi connectivity index (χ0v) is 13.2. The number of aliphatic hydroxyl groups is 3. The van der Waals surface area contributed by atoms with Crippen LogP contribution in [0.3, 0.4) is 0 Å². The molecule has 0 aromatic rings. The van der Waals surface area contributed by atoms with Crippen LogP contribution in [0.1, 0.15) is 6.92 Å². The summed E-state index contributed by atoms with van der Waals surface area (Å²) in [6, 6.07) is 0.312. The molecule has 0 radical (unpaired) electrons. The van der Waals surface area contributed by atoms with Gasteiger partial charge in [0.1, 0.15) is 18.3 Å². The molecule has 0 saturated carbocycles. The number of aliphatic imine (C=N–C) groups is 1. The fourth-order valence-electron chi connectivity index (χ4n) is 2.33. The molecule has 23 heavy (non-hydrogen) atoms. The average Bonchev–Trinajstić information content (AvgIpc) is 2.49. The van der Waals surface area contributed by atoms with E-state index in [0.717, 1.165) is 0 Å². The van der Waals surface area contributed by atoms with E-state index < -0.39 is 24.5 Å². The van der Waals surface area contributed by atoms with Crippen molar-refractivity contribution in [3.63, 3.8) is 0 Å². The van der Waals surface area contributed by atoms with E-state index in [1.807, 2.05) is 0 Å². The van der Waals surface area contributed by atoms with Crippen molar-refractivity contribution in [2.24, 2.45) is 4.99 Å². The van der Waals surface area contributed by atoms with Crippen molar-refractivity contribution in [2.75, 3.05) is 27.3 Å². The largest absolute Gasteiger partial charge is 0.468 e. The van der Waals surface area contributed by atoms with E-state index in [1.54, 1.807) is 11.9 Å². The predicted molar refractivity (Wildman–Crippen MR) is 78.8 cm³/mol. The SMILES string of the molecule is COC1=NC(N[C@@H]2OC[C@@H](O)[C@@H](O)[C@H]2O)=C(NC(C)=O)CN1C. The molecule has 0 bridgehead atoms. The number of rotatable bonds is 3. The van der Waals surface area contributed by atoms with E-state index >= 15 is 0 Å². The van der Waals surface area contributed by atoms with E-state index in [2.05, 4.69) is 15.6 Å². The second-order valence-electron chi connectivity index (χ2n) is 5.41. The van der Waals surface area contributed by atoms with E-state index in [4.69, 9.17) is 9.47 Å². The van der Waals surface area contributed by atoms with Crippen LogP contribution in [0.5, 0.6) is 0 Å². The number of carbonyl (C=O) groups excluding carboxylic acids is 1. The van der Waals surface area contributed by atoms with Crippen molar-refractivity contribution in [1.82, 2.24) is 15.5 Å². The number of nitrogens with one attached hydrogen (secondary N) is 2. The molecular formula is C13H22N4O6. The number of ether oxygens (including phenoxy) is 2. The van der Waals surface area contributed by atoms with Gasteiger partial charge < -0.3 is 40.3 Å². The topological polar surface area (TPSA) is 136 Å². The number of carbonyl (C=O) groups is 1. The van der Waals surface area contributed by atoms with Gasteiger partial charge in [-0.15, -0.1) is 0 Å². The van der Waals surface area contributed by atoms with Gasteiger partial charge in [0.25, 0.3) is 6.02 Å². The second kappa shape index (κ2) is 7.13. The average molecular weight is 330 g/mol. The van der Waals surface area contributed by atoms with Gasteiger partial charge in [-0.2, -0.15) is 4.99 Å². The zero-order chi connectivity index (χ0) is 17.1. The molecule has 0 aromatic carbocycles. The summed E-state index contributed by atoms with van der Waals surface area (Å²) in [6.07, 6.45) is -4.85. The van der Waals surface area contributed by atoms with Gasteiger partial charge >= 0.3 is 0 Å². The van der Waals surface area contributed by atoms with Crippen molar-refractivity contribution in [3.8, 4) is 0 Å². The predicted octanol–water partition coefficient (Wildman–Crippen LogP) is -2.73. The molecule has 0 aliphatic carbocycles. The van der Waals surface area contributed by atoms with Crippen molar-refractivity contribution < 1.29 is 29.6 Å². The molecule has 2 heterocycles. The van der Waals surface area contributed by atoms with Crippen LogP contribution < -0.4 is 10.6 Å². The number of likely N-dealkylation sites (N-methyl/N-ethyl adjacent to an activating group) is 1. The molecule has 0 aromatic heterocycles. The van der Waals surface area contributed by atoms with Gasteiger partial charge in [0.2, 0.25) is 5.91 Å². The summed E-state index contributed by atoms with van der Waals surface area (Å²) in [5.74, 6) is -0.0212. The minimum atomic E-state index is -1.36. The van der Waals surface area contributed by atoms with Gasteiger partial charge in [-0.3, -0.25) is 4.79 Å². The summed E-state index contributed by atoms with van der Waals surface area (Å²) in [7, 11) is 3.20. The number of hydrogen-bond acceptors (Lipinski definition) is 9. The van der Waals surface area contributed by atoms with Crippen LogP contribution >= 0.6 is 0 Å². The standard InChI is InChI=1S/C13H22N4O6/c1-6(18)14-7-4-17(2)13(22-3)16-11(7)15-12-10(21)9(20)8(19)5-23-12/h8-10,12,15,19-21H,4-5H2,1-3H3,(H,14,18)/t8-,9-,10-,12-/m1/s1. The Morgan fingerprint density at radius 3 is 2.70 bits per heavy atom. The number of hydrogen-bond donors (Lipinski definition) is 5. The van der Waals surface area contributed by atoms with Gasteiger partial charge in [-0.25, -0.2) is 0 Å². The molecule has 1 fully saturated rings. The highest BCUT2D eigenvalue weighted by molar-refractivity contribution is 5.79. The molecular weight excluding hydrogens is 308 g/mol. The van der Waals surface area contributed by atoms with Crippen molar-refractivity contribution >= 4 is 11.9 Å². The third-order valence-corrected chi connectivity index (χ3v) is 3.50. The van der Waals surface area contributed by atoms with Gasteiger partial charge in [0, 0.05) is 14.0 Å². The minimum absolute atomic E-state index is 0.139. The first kappa shape index (κ1) is 17.5. The Hall–Kier alpha value is -1.88. The van der Waals surface area contributed by atoms with Crippen LogP contribution in [0.2, 0.25) is 0 Å².